The molecule has 3 rings (SSSR count). The Kier molecular flexibility index (Phi) is 4.88. The molecule has 0 aliphatic rings. The molecule has 0 bridgehead atoms. The summed E-state index contributed by atoms with van der Waals surface area (Å²) in [6, 6.07) is 4.04. The zero-order chi connectivity index (χ0) is 18.7. The Morgan fingerprint density at radius 1 is 1.15 bits per heavy atom. The van der Waals surface area contributed by atoms with E-state index in [0.29, 0.717) is 12.1 Å². The molecule has 9 heteroatoms. The third kappa shape index (κ3) is 3.98. The van der Waals surface area contributed by atoms with E-state index < -0.39 is 11.9 Å². The van der Waals surface area contributed by atoms with Gasteiger partial charge >= 0.3 is 6.18 Å². The van der Waals surface area contributed by atoms with Gasteiger partial charge in [0.05, 0.1) is 5.69 Å². The minimum absolute atomic E-state index is 0.00775. The molecule has 0 aliphatic heterocycles. The van der Waals surface area contributed by atoms with Gasteiger partial charge in [-0.25, -0.2) is 9.97 Å². The number of halogens is 3. The highest BCUT2D eigenvalue weighted by Crippen LogP contribution is 2.30. The van der Waals surface area contributed by atoms with Crippen molar-refractivity contribution in [2.75, 3.05) is 5.32 Å². The van der Waals surface area contributed by atoms with Crippen LogP contribution in [0.5, 0.6) is 0 Å². The fraction of sp³-hybridized carbons (Fsp3) is 0.294. The van der Waals surface area contributed by atoms with Crippen LogP contribution in [-0.2, 0) is 26.2 Å². The van der Waals surface area contributed by atoms with Gasteiger partial charge in [-0.3, -0.25) is 9.67 Å². The van der Waals surface area contributed by atoms with Gasteiger partial charge in [-0.05, 0) is 18.6 Å². The fourth-order valence-corrected chi connectivity index (χ4v) is 2.53. The molecule has 3 heterocycles. The van der Waals surface area contributed by atoms with E-state index in [-0.39, 0.29) is 11.6 Å². The van der Waals surface area contributed by atoms with E-state index in [4.69, 9.17) is 0 Å². The molecule has 0 radical (unpaired) electrons. The molecule has 3 aromatic heterocycles. The highest BCUT2D eigenvalue weighted by molar-refractivity contribution is 5.57. The molecule has 0 spiro atoms. The molecule has 1 N–H and O–H groups in total. The van der Waals surface area contributed by atoms with Gasteiger partial charge in [-0.15, -0.1) is 0 Å². The molecule has 3 aromatic rings. The maximum atomic E-state index is 13.2. The standard InChI is InChI=1S/C17H17F3N6/c1-3-13-12(10-26(2)25-13)9-22-15-8-14(17(18,19)20)23-16(24-15)11-4-6-21-7-5-11/h4-8,10H,3,9H2,1-2H3,(H,22,23,24). The van der Waals surface area contributed by atoms with Crippen LogP contribution in [0.3, 0.4) is 0 Å². The van der Waals surface area contributed by atoms with Gasteiger partial charge in [0.2, 0.25) is 0 Å². The minimum Gasteiger partial charge on any atom is -0.366 e. The highest BCUT2D eigenvalue weighted by atomic mass is 19.4. The SMILES string of the molecule is CCc1nn(C)cc1CNc1cc(C(F)(F)F)nc(-c2ccncc2)n1. The monoisotopic (exact) mass is 362 g/mol. The average Bonchev–Trinajstić information content (AvgIpc) is 2.99. The lowest BCUT2D eigenvalue weighted by atomic mass is 10.2. The molecule has 0 aliphatic carbocycles. The zero-order valence-corrected chi connectivity index (χ0v) is 14.2. The molecular weight excluding hydrogens is 345 g/mol. The smallest absolute Gasteiger partial charge is 0.366 e. The summed E-state index contributed by atoms with van der Waals surface area (Å²) in [6.45, 7) is 2.29. The topological polar surface area (TPSA) is 68.5 Å². The van der Waals surface area contributed by atoms with Crippen LogP contribution in [0.15, 0.2) is 36.8 Å². The first-order valence-electron chi connectivity index (χ1n) is 7.98. The molecule has 0 saturated heterocycles. The van der Waals surface area contributed by atoms with Crippen molar-refractivity contribution in [3.8, 4) is 11.4 Å². The van der Waals surface area contributed by atoms with Gasteiger partial charge in [0, 0.05) is 49.4 Å². The van der Waals surface area contributed by atoms with E-state index in [0.717, 1.165) is 23.7 Å². The van der Waals surface area contributed by atoms with Crippen LogP contribution in [0.2, 0.25) is 0 Å². The van der Waals surface area contributed by atoms with E-state index in [1.165, 1.54) is 12.4 Å². The largest absolute Gasteiger partial charge is 0.433 e. The Morgan fingerprint density at radius 3 is 2.54 bits per heavy atom. The van der Waals surface area contributed by atoms with E-state index in [1.807, 2.05) is 13.1 Å². The van der Waals surface area contributed by atoms with Crippen LogP contribution in [0.25, 0.3) is 11.4 Å². The lowest BCUT2D eigenvalue weighted by molar-refractivity contribution is -0.141. The number of rotatable bonds is 5. The Balaban J connectivity index is 1.93. The number of nitrogens with one attached hydrogen (secondary N) is 1. The molecule has 0 saturated carbocycles. The highest BCUT2D eigenvalue weighted by Gasteiger charge is 2.33. The Morgan fingerprint density at radius 2 is 1.88 bits per heavy atom. The second kappa shape index (κ2) is 7.11. The molecule has 0 unspecified atom stereocenters. The number of hydrogen-bond donors (Lipinski definition) is 1. The Hall–Kier alpha value is -2.97. The van der Waals surface area contributed by atoms with Gasteiger partial charge in [0.15, 0.2) is 11.5 Å². The molecule has 0 amide bonds. The predicted octanol–water partition coefficient (Wildman–Crippen LogP) is 3.47. The van der Waals surface area contributed by atoms with Gasteiger partial charge < -0.3 is 5.32 Å². The van der Waals surface area contributed by atoms with Crippen molar-refractivity contribution in [1.82, 2.24) is 24.7 Å². The molecule has 136 valence electrons. The van der Waals surface area contributed by atoms with Crippen molar-refractivity contribution >= 4 is 5.82 Å². The molecule has 6 nitrogen and oxygen atoms in total. The van der Waals surface area contributed by atoms with Crippen molar-refractivity contribution in [2.24, 2.45) is 7.05 Å². The second-order valence-electron chi connectivity index (χ2n) is 5.68. The van der Waals surface area contributed by atoms with E-state index in [1.54, 1.807) is 23.9 Å². The summed E-state index contributed by atoms with van der Waals surface area (Å²) in [5.74, 6) is 0.0941. The number of hydrogen-bond acceptors (Lipinski definition) is 5. The van der Waals surface area contributed by atoms with Crippen molar-refractivity contribution in [2.45, 2.75) is 26.1 Å². The van der Waals surface area contributed by atoms with Gasteiger partial charge in [0.25, 0.3) is 0 Å². The van der Waals surface area contributed by atoms with Crippen molar-refractivity contribution in [3.05, 3.63) is 53.7 Å². The van der Waals surface area contributed by atoms with Gasteiger partial charge in [-0.2, -0.15) is 18.3 Å². The van der Waals surface area contributed by atoms with Crippen molar-refractivity contribution in [1.29, 1.82) is 0 Å². The van der Waals surface area contributed by atoms with Crippen LogP contribution < -0.4 is 5.32 Å². The zero-order valence-electron chi connectivity index (χ0n) is 14.2. The van der Waals surface area contributed by atoms with Crippen LogP contribution in [0, 0.1) is 0 Å². The van der Waals surface area contributed by atoms with Crippen LogP contribution in [-0.4, -0.2) is 24.7 Å². The quantitative estimate of drug-likeness (QED) is 0.753. The van der Waals surface area contributed by atoms with Crippen molar-refractivity contribution < 1.29 is 13.2 Å². The summed E-state index contributed by atoms with van der Waals surface area (Å²) in [6.07, 6.45) is 0.966. The summed E-state index contributed by atoms with van der Waals surface area (Å²) in [4.78, 5) is 11.7. The van der Waals surface area contributed by atoms with E-state index in [2.05, 4.69) is 25.4 Å². The fourth-order valence-electron chi connectivity index (χ4n) is 2.53. The lowest BCUT2D eigenvalue weighted by Crippen LogP contribution is -2.12. The van der Waals surface area contributed by atoms with Gasteiger partial charge in [-0.1, -0.05) is 6.92 Å². The molecule has 0 atom stereocenters. The van der Waals surface area contributed by atoms with Gasteiger partial charge in [0.1, 0.15) is 5.82 Å². The third-order valence-corrected chi connectivity index (χ3v) is 3.74. The summed E-state index contributed by atoms with van der Waals surface area (Å²) in [7, 11) is 1.80. The maximum absolute atomic E-state index is 13.2. The Labute approximate surface area is 148 Å². The molecule has 0 aromatic carbocycles. The normalized spacial score (nSPS) is 11.6. The lowest BCUT2D eigenvalue weighted by Gasteiger charge is -2.12. The third-order valence-electron chi connectivity index (χ3n) is 3.74. The number of anilines is 1. The number of aryl methyl sites for hydroxylation is 2. The summed E-state index contributed by atoms with van der Waals surface area (Å²) < 4.78 is 41.3. The summed E-state index contributed by atoms with van der Waals surface area (Å²) in [5, 5.41) is 7.27. The number of pyridine rings is 1. The molecule has 26 heavy (non-hydrogen) atoms. The minimum atomic E-state index is -4.57. The van der Waals surface area contributed by atoms with Crippen LogP contribution in [0.1, 0.15) is 23.9 Å². The first-order chi connectivity index (χ1) is 12.4. The van der Waals surface area contributed by atoms with Crippen LogP contribution in [0.4, 0.5) is 19.0 Å². The average molecular weight is 362 g/mol. The van der Waals surface area contributed by atoms with Crippen LogP contribution >= 0.6 is 0 Å². The molecule has 0 fully saturated rings. The van der Waals surface area contributed by atoms with E-state index >= 15 is 0 Å². The van der Waals surface area contributed by atoms with Crippen molar-refractivity contribution in [3.63, 3.8) is 0 Å². The first kappa shape index (κ1) is 17.8. The van der Waals surface area contributed by atoms with E-state index in [9.17, 15) is 13.2 Å². The maximum Gasteiger partial charge on any atom is 0.433 e. The molecular formula is C17H17F3N6. The number of aromatic nitrogens is 5. The first-order valence-corrected chi connectivity index (χ1v) is 7.98. The summed E-state index contributed by atoms with van der Waals surface area (Å²) in [5.41, 5.74) is 1.26. The number of alkyl halides is 3. The number of nitrogens with zero attached hydrogens (tertiary/aromatic N) is 5. The summed E-state index contributed by atoms with van der Waals surface area (Å²) >= 11 is 0. The predicted molar refractivity (Wildman–Crippen MR) is 90.2 cm³/mol. The Bertz CT molecular complexity index is 889. The second-order valence-corrected chi connectivity index (χ2v) is 5.68.